The van der Waals surface area contributed by atoms with Crippen LogP contribution < -0.4 is 16.4 Å². The Morgan fingerprint density at radius 1 is 1.44 bits per heavy atom. The maximum Gasteiger partial charge on any atom is 0.223 e. The fourth-order valence-corrected chi connectivity index (χ4v) is 1.14. The van der Waals surface area contributed by atoms with Gasteiger partial charge in [-0.15, -0.1) is 0 Å². The van der Waals surface area contributed by atoms with Crippen LogP contribution in [0.15, 0.2) is 17.1 Å². The number of nitrogens with zero attached hydrogens (tertiary/aromatic N) is 1. The van der Waals surface area contributed by atoms with Crippen LogP contribution in [0.3, 0.4) is 0 Å². The second kappa shape index (κ2) is 6.15. The molecule has 1 saturated carbocycles. The monoisotopic (exact) mass is 224 g/mol. The normalized spacial score (nSPS) is 15.7. The lowest BCUT2D eigenvalue weighted by molar-refractivity contribution is -0.122. The van der Waals surface area contributed by atoms with Crippen molar-refractivity contribution in [2.75, 3.05) is 19.6 Å². The maximum absolute atomic E-state index is 11.3. The highest BCUT2D eigenvalue weighted by Crippen LogP contribution is 2.28. The van der Waals surface area contributed by atoms with Crippen molar-refractivity contribution in [2.45, 2.75) is 19.8 Å². The van der Waals surface area contributed by atoms with E-state index in [-0.39, 0.29) is 11.8 Å². The molecule has 0 aliphatic heterocycles. The molecule has 0 radical (unpaired) electrons. The van der Waals surface area contributed by atoms with E-state index in [2.05, 4.69) is 22.2 Å². The lowest BCUT2D eigenvalue weighted by atomic mass is 10.4. The van der Waals surface area contributed by atoms with Gasteiger partial charge >= 0.3 is 0 Å². The van der Waals surface area contributed by atoms with Crippen molar-refractivity contribution in [3.63, 3.8) is 0 Å². The van der Waals surface area contributed by atoms with Crippen LogP contribution in [-0.4, -0.2) is 31.5 Å². The maximum atomic E-state index is 11.3. The zero-order chi connectivity index (χ0) is 12.0. The predicted molar refractivity (Wildman–Crippen MR) is 65.0 cm³/mol. The van der Waals surface area contributed by atoms with Crippen molar-refractivity contribution in [1.29, 1.82) is 0 Å². The largest absolute Gasteiger partial charge is 0.370 e. The molecule has 5 nitrogen and oxygen atoms in total. The standard InChI is InChI=1S/C11H20N4O/c1-8(2)7-15-11(12)14-6-5-13-10(16)9-3-4-9/h9H,1,3-7H2,2H3,(H,13,16)(H3,12,14,15). The molecule has 0 aromatic heterocycles. The molecule has 1 fully saturated rings. The van der Waals surface area contributed by atoms with E-state index in [1.165, 1.54) is 0 Å². The summed E-state index contributed by atoms with van der Waals surface area (Å²) in [6.45, 7) is 7.34. The number of rotatable bonds is 6. The molecule has 0 saturated heterocycles. The Balaban J connectivity index is 2.03. The molecule has 1 amide bonds. The van der Waals surface area contributed by atoms with E-state index >= 15 is 0 Å². The Labute approximate surface area is 96.2 Å². The van der Waals surface area contributed by atoms with Crippen LogP contribution in [0.25, 0.3) is 0 Å². The van der Waals surface area contributed by atoms with Crippen LogP contribution in [0.5, 0.6) is 0 Å². The molecule has 90 valence electrons. The Bertz CT molecular complexity index is 294. The average molecular weight is 224 g/mol. The first kappa shape index (κ1) is 12.5. The summed E-state index contributed by atoms with van der Waals surface area (Å²) in [5.41, 5.74) is 6.56. The van der Waals surface area contributed by atoms with Crippen LogP contribution in [-0.2, 0) is 4.79 Å². The van der Waals surface area contributed by atoms with E-state index < -0.39 is 0 Å². The molecule has 0 aromatic carbocycles. The highest BCUT2D eigenvalue weighted by molar-refractivity contribution is 5.81. The first-order valence-corrected chi connectivity index (χ1v) is 5.55. The van der Waals surface area contributed by atoms with E-state index in [0.29, 0.717) is 25.6 Å². The summed E-state index contributed by atoms with van der Waals surface area (Å²) >= 11 is 0. The summed E-state index contributed by atoms with van der Waals surface area (Å²) in [5, 5.41) is 5.76. The average Bonchev–Trinajstić information content (AvgIpc) is 3.04. The quantitative estimate of drug-likeness (QED) is 0.257. The number of hydrogen-bond donors (Lipinski definition) is 3. The fraction of sp³-hybridized carbons (Fsp3) is 0.636. The van der Waals surface area contributed by atoms with E-state index in [1.807, 2.05) is 6.92 Å². The Hall–Kier alpha value is -1.52. The Morgan fingerprint density at radius 3 is 2.62 bits per heavy atom. The van der Waals surface area contributed by atoms with Gasteiger partial charge in [0.25, 0.3) is 0 Å². The smallest absolute Gasteiger partial charge is 0.223 e. The number of aliphatic imine (C=N–C) groups is 1. The van der Waals surface area contributed by atoms with Gasteiger partial charge < -0.3 is 16.4 Å². The van der Waals surface area contributed by atoms with Crippen molar-refractivity contribution < 1.29 is 4.79 Å². The molecular weight excluding hydrogens is 204 g/mol. The van der Waals surface area contributed by atoms with Gasteiger partial charge in [-0.3, -0.25) is 4.79 Å². The molecule has 1 aliphatic carbocycles. The first-order valence-electron chi connectivity index (χ1n) is 5.55. The molecule has 16 heavy (non-hydrogen) atoms. The minimum absolute atomic E-state index is 0.152. The molecule has 1 aliphatic rings. The minimum atomic E-state index is 0.152. The van der Waals surface area contributed by atoms with Crippen LogP contribution in [0.2, 0.25) is 0 Å². The van der Waals surface area contributed by atoms with Gasteiger partial charge in [-0.1, -0.05) is 12.2 Å². The number of carbonyl (C=O) groups excluding carboxylic acids is 1. The van der Waals surface area contributed by atoms with Crippen molar-refractivity contribution in [3.05, 3.63) is 12.2 Å². The number of nitrogens with one attached hydrogen (secondary N) is 2. The van der Waals surface area contributed by atoms with Gasteiger partial charge in [-0.05, 0) is 19.8 Å². The van der Waals surface area contributed by atoms with Crippen molar-refractivity contribution in [3.8, 4) is 0 Å². The van der Waals surface area contributed by atoms with Gasteiger partial charge in [0.1, 0.15) is 0 Å². The highest BCUT2D eigenvalue weighted by atomic mass is 16.2. The molecule has 0 atom stereocenters. The molecule has 0 aromatic rings. The van der Waals surface area contributed by atoms with Gasteiger partial charge in [0, 0.05) is 19.0 Å². The topological polar surface area (TPSA) is 79.5 Å². The van der Waals surface area contributed by atoms with Crippen molar-refractivity contribution >= 4 is 11.9 Å². The summed E-state index contributed by atoms with van der Waals surface area (Å²) in [7, 11) is 0. The third kappa shape index (κ3) is 5.38. The van der Waals surface area contributed by atoms with E-state index in [0.717, 1.165) is 18.4 Å². The lowest BCUT2D eigenvalue weighted by Gasteiger charge is -2.06. The molecule has 4 N–H and O–H groups in total. The van der Waals surface area contributed by atoms with Crippen LogP contribution in [0.4, 0.5) is 0 Å². The third-order valence-electron chi connectivity index (χ3n) is 2.20. The Kier molecular flexibility index (Phi) is 4.82. The zero-order valence-corrected chi connectivity index (χ0v) is 9.75. The number of nitrogens with two attached hydrogens (primary N) is 1. The highest BCUT2D eigenvalue weighted by Gasteiger charge is 2.28. The molecular formula is C11H20N4O. The molecule has 0 spiro atoms. The van der Waals surface area contributed by atoms with Gasteiger partial charge in [0.05, 0.1) is 6.54 Å². The summed E-state index contributed by atoms with van der Waals surface area (Å²) in [6, 6.07) is 0. The Morgan fingerprint density at radius 2 is 2.06 bits per heavy atom. The van der Waals surface area contributed by atoms with E-state index in [1.54, 1.807) is 0 Å². The second-order valence-corrected chi connectivity index (χ2v) is 4.15. The van der Waals surface area contributed by atoms with Gasteiger partial charge in [-0.2, -0.15) is 0 Å². The van der Waals surface area contributed by atoms with Crippen LogP contribution in [0.1, 0.15) is 19.8 Å². The van der Waals surface area contributed by atoms with Crippen molar-refractivity contribution in [1.82, 2.24) is 10.6 Å². The minimum Gasteiger partial charge on any atom is -0.370 e. The number of amides is 1. The zero-order valence-electron chi connectivity index (χ0n) is 9.75. The molecule has 0 bridgehead atoms. The van der Waals surface area contributed by atoms with Crippen LogP contribution in [0, 0.1) is 5.92 Å². The van der Waals surface area contributed by atoms with Crippen molar-refractivity contribution in [2.24, 2.45) is 16.6 Å². The second-order valence-electron chi connectivity index (χ2n) is 4.15. The van der Waals surface area contributed by atoms with E-state index in [9.17, 15) is 4.79 Å². The summed E-state index contributed by atoms with van der Waals surface area (Å²) in [4.78, 5) is 15.3. The first-order chi connectivity index (χ1) is 7.59. The summed E-state index contributed by atoms with van der Waals surface area (Å²) < 4.78 is 0. The fourth-order valence-electron chi connectivity index (χ4n) is 1.14. The van der Waals surface area contributed by atoms with Crippen LogP contribution >= 0.6 is 0 Å². The van der Waals surface area contributed by atoms with Gasteiger partial charge in [-0.25, -0.2) is 4.99 Å². The molecule has 0 heterocycles. The number of hydrogen-bond acceptors (Lipinski definition) is 2. The summed E-state index contributed by atoms with van der Waals surface area (Å²) in [5.74, 6) is 0.803. The summed E-state index contributed by atoms with van der Waals surface area (Å²) in [6.07, 6.45) is 2.06. The number of guanidine groups is 1. The SMILES string of the molecule is C=C(C)CN=C(N)NCCNC(=O)C1CC1. The molecule has 0 unspecified atom stereocenters. The third-order valence-corrected chi connectivity index (χ3v) is 2.20. The van der Waals surface area contributed by atoms with Gasteiger partial charge in [0.2, 0.25) is 5.91 Å². The van der Waals surface area contributed by atoms with Gasteiger partial charge in [0.15, 0.2) is 5.96 Å². The number of carbonyl (C=O) groups is 1. The predicted octanol–water partition coefficient (Wildman–Crippen LogP) is -0.00700. The molecule has 5 heteroatoms. The lowest BCUT2D eigenvalue weighted by Crippen LogP contribution is -2.38. The van der Waals surface area contributed by atoms with E-state index in [4.69, 9.17) is 5.73 Å². The molecule has 1 rings (SSSR count).